The van der Waals surface area contributed by atoms with Gasteiger partial charge in [0.1, 0.15) is 11.2 Å². The molecule has 9 nitrogen and oxygen atoms in total. The third-order valence-corrected chi connectivity index (χ3v) is 9.94. The maximum absolute atomic E-state index is 11.8. The first-order chi connectivity index (χ1) is 25.7. The normalized spacial score (nSPS) is 11.6. The first kappa shape index (κ1) is 31.5. The molecular weight excluding hydrogens is 672 g/mol. The predicted octanol–water partition coefficient (Wildman–Crippen LogP) is 10.2. The van der Waals surface area contributed by atoms with Crippen LogP contribution in [0.2, 0.25) is 0 Å². The molecule has 9 rings (SSSR count). The quantitative estimate of drug-likeness (QED) is 0.0504. The van der Waals surface area contributed by atoms with Crippen LogP contribution in [0.4, 0.5) is 0 Å². The lowest BCUT2D eigenvalue weighted by Gasteiger charge is -2.23. The van der Waals surface area contributed by atoms with E-state index >= 15 is 0 Å². The van der Waals surface area contributed by atoms with Crippen molar-refractivity contribution >= 4 is 43.5 Å². The summed E-state index contributed by atoms with van der Waals surface area (Å²) in [5, 5.41) is 91.5. The minimum Gasteiger partial charge on any atom is -0.504 e. The zero-order valence-corrected chi connectivity index (χ0v) is 27.5. The average molecular weight is 701 g/mol. The Kier molecular flexibility index (Phi) is 6.83. The number of furan rings is 1. The van der Waals surface area contributed by atoms with Gasteiger partial charge in [0.05, 0.1) is 0 Å². The van der Waals surface area contributed by atoms with E-state index < -0.39 is 46.0 Å². The molecule has 0 aliphatic heterocycles. The van der Waals surface area contributed by atoms with Gasteiger partial charge in [-0.05, 0) is 51.6 Å². The lowest BCUT2D eigenvalue weighted by atomic mass is 9.81. The minimum absolute atomic E-state index is 0.0361. The zero-order chi connectivity index (χ0) is 36.7. The highest BCUT2D eigenvalue weighted by Gasteiger charge is 2.33. The van der Waals surface area contributed by atoms with Crippen LogP contribution in [0.5, 0.6) is 46.0 Å². The molecule has 0 spiro atoms. The summed E-state index contributed by atoms with van der Waals surface area (Å²) in [6, 6.07) is 36.7. The Morgan fingerprint density at radius 2 is 0.774 bits per heavy atom. The minimum atomic E-state index is -1.04. The third kappa shape index (κ3) is 4.44. The van der Waals surface area contributed by atoms with Crippen LogP contribution in [0, 0.1) is 0 Å². The van der Waals surface area contributed by atoms with E-state index in [-0.39, 0.29) is 32.7 Å². The van der Waals surface area contributed by atoms with Crippen LogP contribution in [0.25, 0.3) is 88.0 Å². The monoisotopic (exact) mass is 700 g/mol. The van der Waals surface area contributed by atoms with E-state index in [9.17, 15) is 40.9 Å². The summed E-state index contributed by atoms with van der Waals surface area (Å²) >= 11 is 0. The Bertz CT molecular complexity index is 2890. The first-order valence-electron chi connectivity index (χ1n) is 16.6. The Labute approximate surface area is 300 Å². The van der Waals surface area contributed by atoms with E-state index in [1.54, 1.807) is 48.5 Å². The van der Waals surface area contributed by atoms with Crippen molar-refractivity contribution in [1.82, 2.24) is 0 Å². The van der Waals surface area contributed by atoms with Crippen LogP contribution >= 0.6 is 0 Å². The Hall–Kier alpha value is -7.52. The molecule has 0 unspecified atom stereocenters. The molecule has 8 N–H and O–H groups in total. The second-order valence-electron chi connectivity index (χ2n) is 12.8. The Balaban J connectivity index is 1.54. The highest BCUT2D eigenvalue weighted by molar-refractivity contribution is 6.31. The largest absolute Gasteiger partial charge is 0.504 e. The number of fused-ring (bicyclic) bond motifs is 5. The molecule has 0 aliphatic rings. The van der Waals surface area contributed by atoms with Crippen molar-refractivity contribution in [3.05, 3.63) is 121 Å². The van der Waals surface area contributed by atoms with E-state index in [4.69, 9.17) is 4.42 Å². The Morgan fingerprint density at radius 1 is 0.302 bits per heavy atom. The summed E-state index contributed by atoms with van der Waals surface area (Å²) in [4.78, 5) is 0. The van der Waals surface area contributed by atoms with Crippen molar-refractivity contribution in [3.63, 3.8) is 0 Å². The van der Waals surface area contributed by atoms with Crippen LogP contribution < -0.4 is 0 Å². The predicted molar refractivity (Wildman–Crippen MR) is 204 cm³/mol. The van der Waals surface area contributed by atoms with Crippen molar-refractivity contribution < 1.29 is 45.3 Å². The number of rotatable bonds is 4. The van der Waals surface area contributed by atoms with E-state index in [2.05, 4.69) is 0 Å². The summed E-state index contributed by atoms with van der Waals surface area (Å²) < 4.78 is 6.13. The molecule has 0 bridgehead atoms. The summed E-state index contributed by atoms with van der Waals surface area (Å²) in [5.41, 5.74) is 4.75. The lowest BCUT2D eigenvalue weighted by molar-refractivity contribution is 0.350. The number of benzene rings is 8. The molecule has 258 valence electrons. The molecule has 0 atom stereocenters. The molecule has 0 radical (unpaired) electrons. The molecule has 0 aliphatic carbocycles. The van der Waals surface area contributed by atoms with Gasteiger partial charge in [-0.15, -0.1) is 0 Å². The van der Waals surface area contributed by atoms with Gasteiger partial charge in [0, 0.05) is 43.4 Å². The molecule has 0 saturated carbocycles. The zero-order valence-electron chi connectivity index (χ0n) is 27.5. The van der Waals surface area contributed by atoms with Gasteiger partial charge >= 0.3 is 0 Å². The smallest absolute Gasteiger partial charge is 0.204 e. The van der Waals surface area contributed by atoms with E-state index in [1.807, 2.05) is 72.8 Å². The molecule has 9 heteroatoms. The average Bonchev–Trinajstić information content (AvgIpc) is 3.59. The second-order valence-corrected chi connectivity index (χ2v) is 12.8. The summed E-state index contributed by atoms with van der Waals surface area (Å²) in [6.45, 7) is 0. The van der Waals surface area contributed by atoms with Crippen LogP contribution in [-0.2, 0) is 0 Å². The molecule has 0 saturated heterocycles. The van der Waals surface area contributed by atoms with Gasteiger partial charge in [-0.25, -0.2) is 0 Å². The standard InChI is InChI=1S/C44H28O9/c45-37-33-30(23-18-19-24(21-10-3-1-4-11-21)27(20-23)22-12-5-2-6-13-22)34-36(40(48)44(52)42(50)38(34)46)32(35(33)39(47)43(51)41(37)49)26-15-9-17-29-31(26)25-14-7-8-16-28(25)53-29/h1-20,45-52H. The van der Waals surface area contributed by atoms with Crippen molar-refractivity contribution in [2.75, 3.05) is 0 Å². The number of aromatic hydroxyl groups is 8. The first-order valence-corrected chi connectivity index (χ1v) is 16.6. The van der Waals surface area contributed by atoms with Gasteiger partial charge in [0.25, 0.3) is 0 Å². The third-order valence-electron chi connectivity index (χ3n) is 9.94. The number of phenolic OH excluding ortho intramolecular Hbond substituents is 8. The summed E-state index contributed by atoms with van der Waals surface area (Å²) in [5.74, 6) is -7.56. The Morgan fingerprint density at radius 3 is 1.34 bits per heavy atom. The van der Waals surface area contributed by atoms with Crippen molar-refractivity contribution in [2.45, 2.75) is 0 Å². The molecule has 1 aromatic heterocycles. The van der Waals surface area contributed by atoms with Gasteiger partial charge < -0.3 is 45.3 Å². The van der Waals surface area contributed by atoms with Gasteiger partial charge in [0.2, 0.25) is 23.0 Å². The molecule has 0 amide bonds. The van der Waals surface area contributed by atoms with Crippen molar-refractivity contribution in [2.24, 2.45) is 0 Å². The number of para-hydroxylation sites is 1. The number of hydrogen-bond acceptors (Lipinski definition) is 9. The van der Waals surface area contributed by atoms with E-state index in [0.29, 0.717) is 33.1 Å². The van der Waals surface area contributed by atoms with Crippen LogP contribution in [0.1, 0.15) is 0 Å². The molecule has 8 aromatic carbocycles. The highest BCUT2D eigenvalue weighted by atomic mass is 16.4. The molecule has 53 heavy (non-hydrogen) atoms. The number of phenols is 8. The topological polar surface area (TPSA) is 175 Å². The van der Waals surface area contributed by atoms with Crippen LogP contribution in [0.3, 0.4) is 0 Å². The van der Waals surface area contributed by atoms with Crippen molar-refractivity contribution in [3.8, 4) is 90.5 Å². The van der Waals surface area contributed by atoms with Crippen LogP contribution in [-0.4, -0.2) is 40.9 Å². The molecule has 9 aromatic rings. The van der Waals surface area contributed by atoms with Crippen LogP contribution in [0.15, 0.2) is 126 Å². The van der Waals surface area contributed by atoms with Gasteiger partial charge in [-0.1, -0.05) is 103 Å². The summed E-state index contributed by atoms with van der Waals surface area (Å²) in [6.07, 6.45) is 0. The number of hydrogen-bond donors (Lipinski definition) is 8. The lowest BCUT2D eigenvalue weighted by Crippen LogP contribution is -1.95. The van der Waals surface area contributed by atoms with E-state index in [1.165, 1.54) is 0 Å². The highest BCUT2D eigenvalue weighted by Crippen LogP contribution is 2.62. The van der Waals surface area contributed by atoms with Gasteiger partial charge in [0.15, 0.2) is 23.0 Å². The molecular formula is C44H28O9. The molecule has 0 fully saturated rings. The van der Waals surface area contributed by atoms with Gasteiger partial charge in [-0.3, -0.25) is 0 Å². The fraction of sp³-hybridized carbons (Fsp3) is 0. The maximum atomic E-state index is 11.8. The molecule has 1 heterocycles. The van der Waals surface area contributed by atoms with E-state index in [0.717, 1.165) is 22.3 Å². The fourth-order valence-electron chi connectivity index (χ4n) is 7.59. The second kappa shape index (κ2) is 11.5. The van der Waals surface area contributed by atoms with Crippen molar-refractivity contribution in [1.29, 1.82) is 0 Å². The summed E-state index contributed by atoms with van der Waals surface area (Å²) in [7, 11) is 0. The maximum Gasteiger partial charge on any atom is 0.204 e. The van der Waals surface area contributed by atoms with Gasteiger partial charge in [-0.2, -0.15) is 0 Å². The fourth-order valence-corrected chi connectivity index (χ4v) is 7.59. The SMILES string of the molecule is Oc1c(O)c(O)c2c(-c3cccc4oc5ccccc5c34)c3c(O)c(O)c(O)c(O)c3c(-c3ccc(-c4ccccc4)c(-c4ccccc4)c3)c2c1O.